The van der Waals surface area contributed by atoms with Crippen LogP contribution in [0.25, 0.3) is 11.3 Å². The number of amides is 1. The van der Waals surface area contributed by atoms with Crippen molar-refractivity contribution in [3.63, 3.8) is 0 Å². The van der Waals surface area contributed by atoms with E-state index in [9.17, 15) is 4.79 Å². The van der Waals surface area contributed by atoms with Gasteiger partial charge in [-0.2, -0.15) is 5.10 Å². The van der Waals surface area contributed by atoms with Gasteiger partial charge in [-0.3, -0.25) is 4.79 Å². The van der Waals surface area contributed by atoms with Gasteiger partial charge < -0.3 is 4.42 Å². The van der Waals surface area contributed by atoms with E-state index in [0.29, 0.717) is 23.0 Å². The molecule has 3 aromatic rings. The highest BCUT2D eigenvalue weighted by atomic mass is 35.5. The van der Waals surface area contributed by atoms with E-state index in [1.807, 2.05) is 48.7 Å². The number of nitrogens with one attached hydrogen (secondary N) is 1. The number of carbonyl (C=O) groups is 1. The van der Waals surface area contributed by atoms with Crippen molar-refractivity contribution in [2.45, 2.75) is 13.3 Å². The molecule has 1 N–H and O–H groups in total. The molecule has 0 spiro atoms. The summed E-state index contributed by atoms with van der Waals surface area (Å²) in [6.45, 7) is 1.95. The van der Waals surface area contributed by atoms with Crippen LogP contribution >= 0.6 is 22.9 Å². The molecule has 1 amide bonds. The van der Waals surface area contributed by atoms with Gasteiger partial charge in [0, 0.05) is 15.5 Å². The molecule has 2 heterocycles. The molecule has 0 atom stereocenters. The van der Waals surface area contributed by atoms with Gasteiger partial charge in [0.05, 0.1) is 12.6 Å². The van der Waals surface area contributed by atoms with E-state index in [1.165, 1.54) is 6.21 Å². The number of halogens is 1. The third-order valence-electron chi connectivity index (χ3n) is 3.38. The smallest absolute Gasteiger partial charge is 0.245 e. The van der Waals surface area contributed by atoms with Gasteiger partial charge in [-0.15, -0.1) is 11.3 Å². The van der Waals surface area contributed by atoms with Crippen LogP contribution in [-0.2, 0) is 11.2 Å². The van der Waals surface area contributed by atoms with Crippen molar-refractivity contribution in [3.8, 4) is 11.3 Å². The molecule has 3 rings (SSSR count). The lowest BCUT2D eigenvalue weighted by Gasteiger charge is -2.00. The lowest BCUT2D eigenvalue weighted by molar-refractivity contribution is -0.120. The summed E-state index contributed by atoms with van der Waals surface area (Å²) in [7, 11) is 0. The fourth-order valence-corrected chi connectivity index (χ4v) is 2.99. The number of hydrogen-bond acceptors (Lipinski definition) is 4. The second-order valence-electron chi connectivity index (χ2n) is 5.22. The third-order valence-corrected chi connectivity index (χ3v) is 4.66. The van der Waals surface area contributed by atoms with E-state index in [2.05, 4.69) is 10.5 Å². The zero-order chi connectivity index (χ0) is 16.9. The number of thiophene rings is 1. The molecule has 0 unspecified atom stereocenters. The van der Waals surface area contributed by atoms with Crippen LogP contribution in [0.4, 0.5) is 0 Å². The van der Waals surface area contributed by atoms with E-state index in [1.54, 1.807) is 17.4 Å². The summed E-state index contributed by atoms with van der Waals surface area (Å²) in [5.41, 5.74) is 4.40. The summed E-state index contributed by atoms with van der Waals surface area (Å²) in [5, 5.41) is 6.55. The fourth-order valence-electron chi connectivity index (χ4n) is 2.10. The SMILES string of the molecule is Cc1ccc(-c2ccc(/C=N/NC(=O)Cc3cccs3)o2)cc1Cl. The fraction of sp³-hybridized carbons (Fsp3) is 0.111. The molecular formula is C18H15ClN2O2S. The van der Waals surface area contributed by atoms with Crippen molar-refractivity contribution >= 4 is 35.1 Å². The molecule has 24 heavy (non-hydrogen) atoms. The van der Waals surface area contributed by atoms with Gasteiger partial charge in [-0.05, 0) is 42.1 Å². The van der Waals surface area contributed by atoms with Crippen LogP contribution < -0.4 is 5.43 Å². The minimum absolute atomic E-state index is 0.161. The Labute approximate surface area is 148 Å². The van der Waals surface area contributed by atoms with E-state index < -0.39 is 0 Å². The molecular weight excluding hydrogens is 344 g/mol. The van der Waals surface area contributed by atoms with Gasteiger partial charge >= 0.3 is 0 Å². The summed E-state index contributed by atoms with van der Waals surface area (Å²) in [6.07, 6.45) is 1.80. The largest absolute Gasteiger partial charge is 0.455 e. The van der Waals surface area contributed by atoms with Crippen LogP contribution in [0.1, 0.15) is 16.2 Å². The minimum atomic E-state index is -0.161. The molecule has 122 valence electrons. The van der Waals surface area contributed by atoms with Gasteiger partial charge in [0.2, 0.25) is 5.91 Å². The van der Waals surface area contributed by atoms with E-state index >= 15 is 0 Å². The normalized spacial score (nSPS) is 11.1. The maximum absolute atomic E-state index is 11.7. The van der Waals surface area contributed by atoms with Crippen LogP contribution in [0.2, 0.25) is 5.02 Å². The monoisotopic (exact) mass is 358 g/mol. The quantitative estimate of drug-likeness (QED) is 0.532. The number of furan rings is 1. The molecule has 0 bridgehead atoms. The minimum Gasteiger partial charge on any atom is -0.455 e. The highest BCUT2D eigenvalue weighted by Gasteiger charge is 2.06. The third kappa shape index (κ3) is 4.13. The van der Waals surface area contributed by atoms with Crippen LogP contribution in [0, 0.1) is 6.92 Å². The summed E-state index contributed by atoms with van der Waals surface area (Å²) in [5.74, 6) is 1.09. The maximum atomic E-state index is 11.7. The number of aryl methyl sites for hydroxylation is 1. The van der Waals surface area contributed by atoms with Crippen LogP contribution in [0.3, 0.4) is 0 Å². The topological polar surface area (TPSA) is 54.6 Å². The Morgan fingerprint density at radius 3 is 2.96 bits per heavy atom. The van der Waals surface area contributed by atoms with Crippen LogP contribution in [-0.4, -0.2) is 12.1 Å². The van der Waals surface area contributed by atoms with Crippen molar-refractivity contribution in [1.29, 1.82) is 0 Å². The first kappa shape index (κ1) is 16.5. The maximum Gasteiger partial charge on any atom is 0.245 e. The average molecular weight is 359 g/mol. The Bertz CT molecular complexity index is 869. The van der Waals surface area contributed by atoms with E-state index in [4.69, 9.17) is 16.0 Å². The number of hydrogen-bond donors (Lipinski definition) is 1. The summed E-state index contributed by atoms with van der Waals surface area (Å²) >= 11 is 7.67. The molecule has 0 aliphatic rings. The zero-order valence-electron chi connectivity index (χ0n) is 13.0. The van der Waals surface area contributed by atoms with Crippen LogP contribution in [0.5, 0.6) is 0 Å². The summed E-state index contributed by atoms with van der Waals surface area (Å²) in [4.78, 5) is 12.7. The standard InChI is InChI=1S/C18H15ClN2O2S/c1-12-4-5-13(9-16(12)19)17-7-6-14(23-17)11-20-21-18(22)10-15-3-2-8-24-15/h2-9,11H,10H2,1H3,(H,21,22)/b20-11+. The predicted octanol–water partition coefficient (Wildman–Crippen LogP) is 4.66. The molecule has 0 saturated carbocycles. The first-order chi connectivity index (χ1) is 11.6. The number of hydrazone groups is 1. The van der Waals surface area contributed by atoms with Crippen molar-refractivity contribution in [1.82, 2.24) is 5.43 Å². The Kier molecular flexibility index (Phi) is 5.13. The van der Waals surface area contributed by atoms with Gasteiger partial charge in [-0.25, -0.2) is 5.43 Å². The lowest BCUT2D eigenvalue weighted by atomic mass is 10.1. The molecule has 6 heteroatoms. The average Bonchev–Trinajstić information content (AvgIpc) is 3.22. The molecule has 2 aromatic heterocycles. The highest BCUT2D eigenvalue weighted by Crippen LogP contribution is 2.26. The Morgan fingerprint density at radius 1 is 1.33 bits per heavy atom. The molecule has 0 fully saturated rings. The molecule has 0 saturated heterocycles. The molecule has 1 aromatic carbocycles. The number of carbonyl (C=O) groups excluding carboxylic acids is 1. The van der Waals surface area contributed by atoms with Crippen molar-refractivity contribution in [3.05, 3.63) is 69.1 Å². The molecule has 4 nitrogen and oxygen atoms in total. The lowest BCUT2D eigenvalue weighted by Crippen LogP contribution is -2.19. The van der Waals surface area contributed by atoms with Crippen LogP contribution in [0.15, 0.2) is 57.4 Å². The van der Waals surface area contributed by atoms with Crippen molar-refractivity contribution in [2.75, 3.05) is 0 Å². The molecule has 0 aliphatic carbocycles. The second kappa shape index (κ2) is 7.47. The highest BCUT2D eigenvalue weighted by molar-refractivity contribution is 7.10. The Morgan fingerprint density at radius 2 is 2.21 bits per heavy atom. The van der Waals surface area contributed by atoms with Crippen molar-refractivity contribution in [2.24, 2.45) is 5.10 Å². The Balaban J connectivity index is 1.61. The molecule has 0 radical (unpaired) electrons. The first-order valence-electron chi connectivity index (χ1n) is 7.32. The molecule has 0 aliphatic heterocycles. The number of benzene rings is 1. The first-order valence-corrected chi connectivity index (χ1v) is 8.58. The van der Waals surface area contributed by atoms with Gasteiger partial charge in [0.15, 0.2) is 0 Å². The second-order valence-corrected chi connectivity index (χ2v) is 6.65. The van der Waals surface area contributed by atoms with Gasteiger partial charge in [-0.1, -0.05) is 29.8 Å². The zero-order valence-corrected chi connectivity index (χ0v) is 14.5. The van der Waals surface area contributed by atoms with Crippen molar-refractivity contribution < 1.29 is 9.21 Å². The predicted molar refractivity (Wildman–Crippen MR) is 97.7 cm³/mol. The summed E-state index contributed by atoms with van der Waals surface area (Å²) < 4.78 is 5.70. The van der Waals surface area contributed by atoms with Gasteiger partial charge in [0.1, 0.15) is 11.5 Å². The summed E-state index contributed by atoms with van der Waals surface area (Å²) in [6, 6.07) is 13.2. The van der Waals surface area contributed by atoms with E-state index in [-0.39, 0.29) is 5.91 Å². The van der Waals surface area contributed by atoms with E-state index in [0.717, 1.165) is 16.0 Å². The number of nitrogens with zero attached hydrogens (tertiary/aromatic N) is 1. The van der Waals surface area contributed by atoms with Gasteiger partial charge in [0.25, 0.3) is 0 Å². The number of rotatable bonds is 5. The Hall–Kier alpha value is -2.37.